The first kappa shape index (κ1) is 13.7. The van der Waals surface area contributed by atoms with Gasteiger partial charge in [-0.05, 0) is 25.0 Å². The van der Waals surface area contributed by atoms with Crippen molar-refractivity contribution in [3.63, 3.8) is 0 Å². The molecule has 5 nitrogen and oxygen atoms in total. The summed E-state index contributed by atoms with van der Waals surface area (Å²) in [7, 11) is -3.41. The minimum absolute atomic E-state index is 0.276. The van der Waals surface area contributed by atoms with Gasteiger partial charge in [0.1, 0.15) is 13.2 Å². The maximum atomic E-state index is 12.7. The van der Waals surface area contributed by atoms with Crippen LogP contribution < -0.4 is 15.2 Å². The van der Waals surface area contributed by atoms with Crippen LogP contribution in [0.15, 0.2) is 23.1 Å². The summed E-state index contributed by atoms with van der Waals surface area (Å²) in [5, 5.41) is -0.487. The zero-order chi connectivity index (χ0) is 14.2. The molecule has 2 unspecified atom stereocenters. The van der Waals surface area contributed by atoms with Crippen molar-refractivity contribution in [3.05, 3.63) is 18.2 Å². The number of sulfone groups is 1. The maximum Gasteiger partial charge on any atom is 0.182 e. The van der Waals surface area contributed by atoms with E-state index in [9.17, 15) is 8.42 Å². The Hall–Kier alpha value is -1.27. The molecule has 0 amide bonds. The monoisotopic (exact) mass is 297 g/mol. The highest BCUT2D eigenvalue weighted by atomic mass is 32.2. The van der Waals surface area contributed by atoms with Gasteiger partial charge < -0.3 is 15.2 Å². The Labute approximate surface area is 119 Å². The molecule has 3 rings (SSSR count). The number of rotatable bonds is 2. The molecule has 0 spiro atoms. The summed E-state index contributed by atoms with van der Waals surface area (Å²) in [6.45, 7) is 0.937. The average Bonchev–Trinajstić information content (AvgIpc) is 2.47. The second-order valence-corrected chi connectivity index (χ2v) is 7.50. The molecule has 0 bridgehead atoms. The van der Waals surface area contributed by atoms with Crippen molar-refractivity contribution in [1.29, 1.82) is 0 Å². The first-order chi connectivity index (χ1) is 9.59. The number of ether oxygens (including phenoxy) is 2. The number of hydrogen-bond acceptors (Lipinski definition) is 5. The van der Waals surface area contributed by atoms with Crippen LogP contribution in [0.2, 0.25) is 0 Å². The fourth-order valence-electron chi connectivity index (χ4n) is 2.89. The zero-order valence-corrected chi connectivity index (χ0v) is 12.1. The number of hydrogen-bond donors (Lipinski definition) is 1. The highest BCUT2D eigenvalue weighted by Gasteiger charge is 2.35. The summed E-state index contributed by atoms with van der Waals surface area (Å²) >= 11 is 0. The molecule has 1 fully saturated rings. The lowest BCUT2D eigenvalue weighted by atomic mass is 9.96. The Balaban J connectivity index is 1.94. The third-order valence-electron chi connectivity index (χ3n) is 3.99. The van der Waals surface area contributed by atoms with E-state index in [1.54, 1.807) is 18.2 Å². The zero-order valence-electron chi connectivity index (χ0n) is 11.2. The van der Waals surface area contributed by atoms with Crippen LogP contribution in [0.25, 0.3) is 0 Å². The standard InChI is InChI=1S/C14H19NO4S/c15-11-3-1-2-4-14(11)20(16,17)10-5-6-12-13(9-10)19-8-7-18-12/h5-6,9,11,14H,1-4,7-8,15H2. The van der Waals surface area contributed by atoms with E-state index in [1.165, 1.54) is 0 Å². The van der Waals surface area contributed by atoms with E-state index < -0.39 is 15.1 Å². The van der Waals surface area contributed by atoms with Gasteiger partial charge in [0.2, 0.25) is 0 Å². The van der Waals surface area contributed by atoms with Crippen molar-refractivity contribution < 1.29 is 17.9 Å². The minimum atomic E-state index is -3.41. The third-order valence-corrected chi connectivity index (χ3v) is 6.29. The Kier molecular flexibility index (Phi) is 3.60. The highest BCUT2D eigenvalue weighted by Crippen LogP contribution is 2.35. The SMILES string of the molecule is NC1CCCCC1S(=O)(=O)c1ccc2c(c1)OCCO2. The van der Waals surface area contributed by atoms with E-state index in [-0.39, 0.29) is 10.9 Å². The molecule has 0 saturated heterocycles. The van der Waals surface area contributed by atoms with Crippen LogP contribution in [0.3, 0.4) is 0 Å². The summed E-state index contributed by atoms with van der Waals surface area (Å²) in [6, 6.07) is 4.53. The number of fused-ring (bicyclic) bond motifs is 1. The highest BCUT2D eigenvalue weighted by molar-refractivity contribution is 7.92. The third kappa shape index (κ3) is 2.38. The predicted molar refractivity (Wildman–Crippen MR) is 74.8 cm³/mol. The largest absolute Gasteiger partial charge is 0.486 e. The van der Waals surface area contributed by atoms with Gasteiger partial charge in [0.05, 0.1) is 10.1 Å². The Morgan fingerprint density at radius 1 is 1.05 bits per heavy atom. The van der Waals surface area contributed by atoms with E-state index in [0.29, 0.717) is 31.1 Å². The van der Waals surface area contributed by atoms with Crippen LogP contribution in [0, 0.1) is 0 Å². The van der Waals surface area contributed by atoms with Crippen LogP contribution in [0.5, 0.6) is 11.5 Å². The molecule has 2 atom stereocenters. The lowest BCUT2D eigenvalue weighted by molar-refractivity contribution is 0.171. The fraction of sp³-hybridized carbons (Fsp3) is 0.571. The minimum Gasteiger partial charge on any atom is -0.486 e. The molecule has 1 saturated carbocycles. The molecule has 1 aliphatic carbocycles. The molecule has 1 heterocycles. The van der Waals surface area contributed by atoms with Crippen molar-refractivity contribution >= 4 is 9.84 Å². The summed E-state index contributed by atoms with van der Waals surface area (Å²) in [4.78, 5) is 0.282. The second-order valence-electron chi connectivity index (χ2n) is 5.34. The van der Waals surface area contributed by atoms with Gasteiger partial charge in [0, 0.05) is 12.1 Å². The van der Waals surface area contributed by atoms with Gasteiger partial charge in [-0.25, -0.2) is 8.42 Å². The van der Waals surface area contributed by atoms with Gasteiger partial charge in [-0.3, -0.25) is 0 Å². The van der Waals surface area contributed by atoms with Gasteiger partial charge >= 0.3 is 0 Å². The Morgan fingerprint density at radius 3 is 2.50 bits per heavy atom. The van der Waals surface area contributed by atoms with Gasteiger partial charge in [-0.15, -0.1) is 0 Å². The average molecular weight is 297 g/mol. The molecular weight excluding hydrogens is 278 g/mol. The number of nitrogens with two attached hydrogens (primary N) is 1. The van der Waals surface area contributed by atoms with Gasteiger partial charge in [0.25, 0.3) is 0 Å². The summed E-state index contributed by atoms with van der Waals surface area (Å²) in [5.74, 6) is 1.10. The molecular formula is C14H19NO4S. The normalized spacial score (nSPS) is 26.2. The number of benzene rings is 1. The van der Waals surface area contributed by atoms with E-state index in [4.69, 9.17) is 15.2 Å². The Bertz CT molecular complexity index is 599. The smallest absolute Gasteiger partial charge is 0.182 e. The lowest BCUT2D eigenvalue weighted by Crippen LogP contribution is -2.42. The van der Waals surface area contributed by atoms with Crippen LogP contribution in [-0.2, 0) is 9.84 Å². The molecule has 2 N–H and O–H groups in total. The van der Waals surface area contributed by atoms with Crippen LogP contribution in [0.1, 0.15) is 25.7 Å². The van der Waals surface area contributed by atoms with Crippen molar-refractivity contribution in [2.24, 2.45) is 5.73 Å². The van der Waals surface area contributed by atoms with Crippen LogP contribution in [-0.4, -0.2) is 32.9 Å². The Morgan fingerprint density at radius 2 is 1.75 bits per heavy atom. The molecule has 0 radical (unpaired) electrons. The van der Waals surface area contributed by atoms with E-state index in [2.05, 4.69) is 0 Å². The van der Waals surface area contributed by atoms with E-state index in [0.717, 1.165) is 19.3 Å². The second kappa shape index (κ2) is 5.26. The molecule has 20 heavy (non-hydrogen) atoms. The molecule has 2 aliphatic rings. The first-order valence-electron chi connectivity index (χ1n) is 6.98. The molecule has 6 heteroatoms. The van der Waals surface area contributed by atoms with Crippen molar-refractivity contribution in [3.8, 4) is 11.5 Å². The predicted octanol–water partition coefficient (Wildman–Crippen LogP) is 1.50. The van der Waals surface area contributed by atoms with Crippen molar-refractivity contribution in [2.75, 3.05) is 13.2 Å². The molecule has 110 valence electrons. The maximum absolute atomic E-state index is 12.7. The first-order valence-corrected chi connectivity index (χ1v) is 8.53. The van der Waals surface area contributed by atoms with Crippen molar-refractivity contribution in [2.45, 2.75) is 41.9 Å². The molecule has 0 aromatic heterocycles. The van der Waals surface area contributed by atoms with E-state index >= 15 is 0 Å². The van der Waals surface area contributed by atoms with Crippen molar-refractivity contribution in [1.82, 2.24) is 0 Å². The topological polar surface area (TPSA) is 78.6 Å². The lowest BCUT2D eigenvalue weighted by Gasteiger charge is -2.28. The molecule has 1 aromatic rings. The fourth-order valence-corrected chi connectivity index (χ4v) is 4.84. The molecule has 1 aliphatic heterocycles. The molecule has 1 aromatic carbocycles. The summed E-state index contributed by atoms with van der Waals surface area (Å²) in [6.07, 6.45) is 3.34. The van der Waals surface area contributed by atoms with Gasteiger partial charge in [-0.2, -0.15) is 0 Å². The summed E-state index contributed by atoms with van der Waals surface area (Å²) < 4.78 is 36.3. The van der Waals surface area contributed by atoms with Crippen LogP contribution >= 0.6 is 0 Å². The van der Waals surface area contributed by atoms with Gasteiger partial charge in [0.15, 0.2) is 21.3 Å². The summed E-state index contributed by atoms with van der Waals surface area (Å²) in [5.41, 5.74) is 6.01. The quantitative estimate of drug-likeness (QED) is 0.895. The van der Waals surface area contributed by atoms with Gasteiger partial charge in [-0.1, -0.05) is 12.8 Å². The van der Waals surface area contributed by atoms with E-state index in [1.807, 2.05) is 0 Å². The van der Waals surface area contributed by atoms with Crippen LogP contribution in [0.4, 0.5) is 0 Å².